The third-order valence-corrected chi connectivity index (χ3v) is 3.94. The first-order valence-electron chi connectivity index (χ1n) is 7.31. The predicted octanol–water partition coefficient (Wildman–Crippen LogP) is 2.81. The molecule has 120 valence electrons. The van der Waals surface area contributed by atoms with E-state index < -0.39 is 0 Å². The van der Waals surface area contributed by atoms with Crippen molar-refractivity contribution in [3.05, 3.63) is 54.1 Å². The van der Waals surface area contributed by atoms with Crippen LogP contribution in [0.3, 0.4) is 0 Å². The molecule has 8 heteroatoms. The van der Waals surface area contributed by atoms with E-state index in [1.54, 1.807) is 29.1 Å². The number of para-hydroxylation sites is 1. The zero-order valence-electron chi connectivity index (χ0n) is 12.7. The fourth-order valence-corrected chi connectivity index (χ4v) is 2.77. The van der Waals surface area contributed by atoms with Crippen LogP contribution in [-0.4, -0.2) is 24.8 Å². The summed E-state index contributed by atoms with van der Waals surface area (Å²) in [6, 6.07) is 8.23. The predicted molar refractivity (Wildman–Crippen MR) is 85.4 cm³/mol. The fraction of sp³-hybridized carbons (Fsp3) is 0.125. The molecule has 1 atom stereocenters. The topological polar surface area (TPSA) is 95.7 Å². The van der Waals surface area contributed by atoms with Crippen LogP contribution in [0.15, 0.2) is 47.4 Å². The van der Waals surface area contributed by atoms with Gasteiger partial charge in [0.2, 0.25) is 0 Å². The van der Waals surface area contributed by atoms with E-state index in [9.17, 15) is 4.39 Å². The molecule has 0 amide bonds. The summed E-state index contributed by atoms with van der Waals surface area (Å²) < 4.78 is 20.9. The van der Waals surface area contributed by atoms with E-state index in [0.717, 1.165) is 5.56 Å². The molecular formula is C16H13FN6O. The lowest BCUT2D eigenvalue weighted by molar-refractivity contribution is 0.310. The summed E-state index contributed by atoms with van der Waals surface area (Å²) in [6.45, 7) is 1.93. The zero-order valence-corrected chi connectivity index (χ0v) is 12.7. The highest BCUT2D eigenvalue weighted by atomic mass is 19.1. The maximum absolute atomic E-state index is 14.5. The number of anilines is 1. The smallest absolute Gasteiger partial charge is 0.199 e. The third-order valence-electron chi connectivity index (χ3n) is 3.94. The van der Waals surface area contributed by atoms with Gasteiger partial charge in [-0.2, -0.15) is 0 Å². The Hall–Kier alpha value is -3.29. The van der Waals surface area contributed by atoms with Crippen molar-refractivity contribution in [1.82, 2.24) is 24.8 Å². The van der Waals surface area contributed by atoms with Gasteiger partial charge in [-0.25, -0.2) is 14.0 Å². The van der Waals surface area contributed by atoms with E-state index in [4.69, 9.17) is 5.73 Å². The van der Waals surface area contributed by atoms with Gasteiger partial charge in [0, 0.05) is 12.4 Å². The molecule has 3 heterocycles. The maximum Gasteiger partial charge on any atom is 0.199 e. The van der Waals surface area contributed by atoms with Gasteiger partial charge in [0.1, 0.15) is 11.3 Å². The highest BCUT2D eigenvalue weighted by Crippen LogP contribution is 2.33. The number of halogens is 1. The number of benzene rings is 1. The zero-order chi connectivity index (χ0) is 16.7. The molecule has 4 aromatic rings. The number of nitrogen functional groups attached to an aromatic ring is 1. The Balaban J connectivity index is 2.03. The fourth-order valence-electron chi connectivity index (χ4n) is 2.77. The lowest BCUT2D eigenvalue weighted by Gasteiger charge is -2.17. The SMILES string of the molecule is C[C@@H](c1cccnc1)n1c(-c2nonc2N)nc2cccc(F)c21. The first-order valence-corrected chi connectivity index (χ1v) is 7.31. The van der Waals surface area contributed by atoms with Crippen molar-refractivity contribution < 1.29 is 9.02 Å². The molecule has 0 radical (unpaired) electrons. The highest BCUT2D eigenvalue weighted by molar-refractivity contribution is 5.82. The van der Waals surface area contributed by atoms with E-state index in [1.165, 1.54) is 6.07 Å². The minimum Gasteiger partial charge on any atom is -0.379 e. The molecule has 0 bridgehead atoms. The average Bonchev–Trinajstić information content (AvgIpc) is 3.19. The lowest BCUT2D eigenvalue weighted by Crippen LogP contribution is -2.10. The van der Waals surface area contributed by atoms with Crippen LogP contribution in [0.25, 0.3) is 22.6 Å². The van der Waals surface area contributed by atoms with Crippen LogP contribution in [-0.2, 0) is 0 Å². The van der Waals surface area contributed by atoms with Crippen LogP contribution >= 0.6 is 0 Å². The van der Waals surface area contributed by atoms with Gasteiger partial charge < -0.3 is 10.3 Å². The quantitative estimate of drug-likeness (QED) is 0.622. The van der Waals surface area contributed by atoms with Crippen molar-refractivity contribution in [2.24, 2.45) is 0 Å². The highest BCUT2D eigenvalue weighted by Gasteiger charge is 2.24. The lowest BCUT2D eigenvalue weighted by atomic mass is 10.1. The molecular weight excluding hydrogens is 311 g/mol. The molecule has 0 fully saturated rings. The molecule has 24 heavy (non-hydrogen) atoms. The monoisotopic (exact) mass is 324 g/mol. The Morgan fingerprint density at radius 3 is 2.79 bits per heavy atom. The largest absolute Gasteiger partial charge is 0.379 e. The standard InChI is InChI=1S/C16H13FN6O/c1-9(10-4-3-7-19-8-10)23-14-11(17)5-2-6-12(14)20-16(23)13-15(18)22-24-21-13/h2-9H,1H3,(H2,18,22)/t9-/m0/s1. The minimum absolute atomic E-state index is 0.102. The van der Waals surface area contributed by atoms with Crippen LogP contribution < -0.4 is 5.73 Å². The Morgan fingerprint density at radius 1 is 1.21 bits per heavy atom. The second-order valence-electron chi connectivity index (χ2n) is 5.37. The number of pyridine rings is 1. The van der Waals surface area contributed by atoms with Gasteiger partial charge in [-0.15, -0.1) is 0 Å². The molecule has 0 saturated heterocycles. The molecule has 3 aromatic heterocycles. The van der Waals surface area contributed by atoms with Crippen LogP contribution in [0, 0.1) is 5.82 Å². The molecule has 0 saturated carbocycles. The van der Waals surface area contributed by atoms with Gasteiger partial charge in [-0.1, -0.05) is 12.1 Å². The van der Waals surface area contributed by atoms with Crippen molar-refractivity contribution in [1.29, 1.82) is 0 Å². The molecule has 0 spiro atoms. The molecule has 0 aliphatic heterocycles. The number of hydrogen-bond donors (Lipinski definition) is 1. The number of nitrogens with two attached hydrogens (primary N) is 1. The molecule has 0 unspecified atom stereocenters. The third kappa shape index (κ3) is 2.11. The van der Waals surface area contributed by atoms with E-state index in [1.807, 2.05) is 19.1 Å². The van der Waals surface area contributed by atoms with Gasteiger partial charge in [-0.3, -0.25) is 4.98 Å². The number of aromatic nitrogens is 5. The molecule has 0 aliphatic rings. The van der Waals surface area contributed by atoms with Gasteiger partial charge in [0.25, 0.3) is 0 Å². The molecule has 2 N–H and O–H groups in total. The molecule has 4 rings (SSSR count). The van der Waals surface area contributed by atoms with Crippen molar-refractivity contribution in [3.63, 3.8) is 0 Å². The Kier molecular flexibility index (Phi) is 3.23. The Bertz CT molecular complexity index is 1010. The summed E-state index contributed by atoms with van der Waals surface area (Å²) in [4.78, 5) is 8.61. The number of imidazole rings is 1. The van der Waals surface area contributed by atoms with Crippen molar-refractivity contribution in [2.45, 2.75) is 13.0 Å². The van der Waals surface area contributed by atoms with Gasteiger partial charge >= 0.3 is 0 Å². The van der Waals surface area contributed by atoms with E-state index in [-0.39, 0.29) is 23.4 Å². The Labute approximate surface area is 135 Å². The average molecular weight is 324 g/mol. The van der Waals surface area contributed by atoms with Crippen LogP contribution in [0.5, 0.6) is 0 Å². The maximum atomic E-state index is 14.5. The van der Waals surface area contributed by atoms with Crippen molar-refractivity contribution in [2.75, 3.05) is 5.73 Å². The summed E-state index contributed by atoms with van der Waals surface area (Å²) in [5.41, 5.74) is 7.86. The summed E-state index contributed by atoms with van der Waals surface area (Å²) in [5.74, 6) is 0.118. The van der Waals surface area contributed by atoms with Crippen LogP contribution in [0.1, 0.15) is 18.5 Å². The Morgan fingerprint density at radius 2 is 2.08 bits per heavy atom. The number of nitrogens with zero attached hydrogens (tertiary/aromatic N) is 5. The minimum atomic E-state index is -0.378. The number of fused-ring (bicyclic) bond motifs is 1. The first-order chi connectivity index (χ1) is 11.7. The summed E-state index contributed by atoms with van der Waals surface area (Å²) in [5, 5.41) is 7.41. The van der Waals surface area contributed by atoms with Crippen LogP contribution in [0.2, 0.25) is 0 Å². The van der Waals surface area contributed by atoms with Gasteiger partial charge in [-0.05, 0) is 41.0 Å². The normalized spacial score (nSPS) is 12.6. The van der Waals surface area contributed by atoms with Crippen molar-refractivity contribution >= 4 is 16.9 Å². The molecule has 0 aliphatic carbocycles. The summed E-state index contributed by atoms with van der Waals surface area (Å²) in [6.07, 6.45) is 3.41. The summed E-state index contributed by atoms with van der Waals surface area (Å²) >= 11 is 0. The number of hydrogen-bond acceptors (Lipinski definition) is 6. The first kappa shape index (κ1) is 14.3. The van der Waals surface area contributed by atoms with E-state index in [0.29, 0.717) is 16.9 Å². The summed E-state index contributed by atoms with van der Waals surface area (Å²) in [7, 11) is 0. The van der Waals surface area contributed by atoms with Gasteiger partial charge in [0.05, 0.1) is 11.6 Å². The van der Waals surface area contributed by atoms with Crippen molar-refractivity contribution in [3.8, 4) is 11.5 Å². The second-order valence-corrected chi connectivity index (χ2v) is 5.37. The molecule has 1 aromatic carbocycles. The van der Waals surface area contributed by atoms with E-state index >= 15 is 0 Å². The molecule has 7 nitrogen and oxygen atoms in total. The second kappa shape index (κ2) is 5.41. The van der Waals surface area contributed by atoms with E-state index in [2.05, 4.69) is 24.9 Å². The van der Waals surface area contributed by atoms with Crippen LogP contribution in [0.4, 0.5) is 10.2 Å². The number of rotatable bonds is 3. The van der Waals surface area contributed by atoms with Gasteiger partial charge in [0.15, 0.2) is 17.3 Å².